The Hall–Kier alpha value is -2.77. The highest BCUT2D eigenvalue weighted by Gasteiger charge is 2.20. The van der Waals surface area contributed by atoms with Crippen molar-refractivity contribution in [2.24, 2.45) is 10.7 Å². The monoisotopic (exact) mass is 538 g/mol. The topological polar surface area (TPSA) is 120 Å². The zero-order valence-corrected chi connectivity index (χ0v) is 18.3. The van der Waals surface area contributed by atoms with Crippen molar-refractivity contribution in [2.75, 3.05) is 13.3 Å². The van der Waals surface area contributed by atoms with Crippen LogP contribution < -0.4 is 30.6 Å². The van der Waals surface area contributed by atoms with Gasteiger partial charge < -0.3 is 35.0 Å². The summed E-state index contributed by atoms with van der Waals surface area (Å²) in [5.41, 5.74) is 5.56. The number of fused-ring (bicyclic) bond motifs is 1. The van der Waals surface area contributed by atoms with Crippen molar-refractivity contribution in [2.45, 2.75) is 26.6 Å². The Kier molecular flexibility index (Phi) is 8.50. The lowest BCUT2D eigenvalue weighted by molar-refractivity contribution is -0.0505. The molecule has 1 aromatic heterocycles. The first-order chi connectivity index (χ1) is 14.0. The van der Waals surface area contributed by atoms with E-state index in [4.69, 9.17) is 19.6 Å². The minimum Gasteiger partial charge on any atom is -0.454 e. The lowest BCUT2D eigenvalue weighted by atomic mass is 10.1. The van der Waals surface area contributed by atoms with E-state index in [-0.39, 0.29) is 55.4 Å². The summed E-state index contributed by atoms with van der Waals surface area (Å²) in [6.45, 7) is -0.252. The van der Waals surface area contributed by atoms with Crippen molar-refractivity contribution in [1.29, 1.82) is 0 Å². The lowest BCUT2D eigenvalue weighted by Gasteiger charge is -2.13. The first kappa shape index (κ1) is 23.5. The summed E-state index contributed by atoms with van der Waals surface area (Å²) >= 11 is 0. The van der Waals surface area contributed by atoms with Crippen LogP contribution in [0.15, 0.2) is 33.7 Å². The van der Waals surface area contributed by atoms with Crippen LogP contribution in [0.2, 0.25) is 0 Å². The number of nitrogens with one attached hydrogen (secondary N) is 2. The average Bonchev–Trinajstić information content (AvgIpc) is 3.32. The van der Waals surface area contributed by atoms with Gasteiger partial charge in [0.1, 0.15) is 11.5 Å². The number of carbonyl (C=O) groups is 1. The summed E-state index contributed by atoms with van der Waals surface area (Å²) in [5.74, 6) is 1.01. The minimum absolute atomic E-state index is 0. The quantitative estimate of drug-likeness (QED) is 0.269. The van der Waals surface area contributed by atoms with E-state index >= 15 is 0 Å². The third-order valence-electron chi connectivity index (χ3n) is 3.86. The Labute approximate surface area is 188 Å². The number of nitrogens with two attached hydrogens (primary N) is 1. The number of hydrogen-bond acceptors (Lipinski definition) is 6. The molecule has 0 spiro atoms. The van der Waals surface area contributed by atoms with Gasteiger partial charge in [0.05, 0.1) is 13.1 Å². The molecule has 164 valence electrons. The predicted molar refractivity (Wildman–Crippen MR) is 113 cm³/mol. The van der Waals surface area contributed by atoms with Gasteiger partial charge in [-0.1, -0.05) is 0 Å². The van der Waals surface area contributed by atoms with Crippen LogP contribution in [0.5, 0.6) is 17.2 Å². The fraction of sp³-hybridized carbons (Fsp3) is 0.333. The van der Waals surface area contributed by atoms with Crippen molar-refractivity contribution in [3.05, 3.63) is 41.3 Å². The number of benzene rings is 1. The maximum absolute atomic E-state index is 12.7. The molecule has 1 aromatic carbocycles. The second-order valence-corrected chi connectivity index (χ2v) is 5.87. The second-order valence-electron chi connectivity index (χ2n) is 5.87. The van der Waals surface area contributed by atoms with Gasteiger partial charge in [-0.15, -0.1) is 24.0 Å². The Balaban J connectivity index is 0.00000320. The molecular formula is C18H21F2IN4O5. The highest BCUT2D eigenvalue weighted by molar-refractivity contribution is 14.0. The van der Waals surface area contributed by atoms with Gasteiger partial charge in [0.25, 0.3) is 5.91 Å². The zero-order chi connectivity index (χ0) is 20.8. The molecule has 2 heterocycles. The van der Waals surface area contributed by atoms with Crippen LogP contribution in [0.4, 0.5) is 8.78 Å². The molecule has 0 bridgehead atoms. The largest absolute Gasteiger partial charge is 0.454 e. The molecule has 2 aromatic rings. The molecule has 0 atom stereocenters. The number of amides is 1. The number of carbonyl (C=O) groups excluding carboxylic acids is 1. The van der Waals surface area contributed by atoms with Gasteiger partial charge in [0.15, 0.2) is 23.2 Å². The maximum atomic E-state index is 12.7. The molecule has 0 unspecified atom stereocenters. The van der Waals surface area contributed by atoms with Crippen LogP contribution in [0, 0.1) is 0 Å². The molecule has 1 aliphatic heterocycles. The van der Waals surface area contributed by atoms with Gasteiger partial charge in [0, 0.05) is 18.2 Å². The van der Waals surface area contributed by atoms with Crippen molar-refractivity contribution in [3.63, 3.8) is 0 Å². The van der Waals surface area contributed by atoms with E-state index in [1.54, 1.807) is 12.1 Å². The van der Waals surface area contributed by atoms with Crippen molar-refractivity contribution in [3.8, 4) is 17.2 Å². The van der Waals surface area contributed by atoms with Gasteiger partial charge in [-0.2, -0.15) is 8.78 Å². The summed E-state index contributed by atoms with van der Waals surface area (Å²) in [6.07, 6.45) is 0. The molecule has 3 rings (SSSR count). The summed E-state index contributed by atoms with van der Waals surface area (Å²) < 4.78 is 45.8. The number of hydrogen-bond donors (Lipinski definition) is 3. The molecule has 0 saturated carbocycles. The van der Waals surface area contributed by atoms with E-state index in [0.29, 0.717) is 35.3 Å². The van der Waals surface area contributed by atoms with E-state index in [1.807, 2.05) is 6.92 Å². The molecule has 0 saturated heterocycles. The van der Waals surface area contributed by atoms with Crippen LogP contribution in [0.25, 0.3) is 0 Å². The molecule has 0 fully saturated rings. The van der Waals surface area contributed by atoms with E-state index in [0.717, 1.165) is 0 Å². The third kappa shape index (κ3) is 6.11. The van der Waals surface area contributed by atoms with Crippen molar-refractivity contribution >= 4 is 35.8 Å². The zero-order valence-electron chi connectivity index (χ0n) is 15.9. The number of aliphatic imine (C=N–C) groups is 1. The van der Waals surface area contributed by atoms with E-state index in [1.165, 1.54) is 12.1 Å². The molecule has 12 heteroatoms. The number of furan rings is 1. The summed E-state index contributed by atoms with van der Waals surface area (Å²) in [5, 5.41) is 6.05. The van der Waals surface area contributed by atoms with Gasteiger partial charge in [-0.3, -0.25) is 4.79 Å². The second kappa shape index (κ2) is 10.8. The Bertz CT molecular complexity index is 907. The highest BCUT2D eigenvalue weighted by atomic mass is 127. The molecular weight excluding hydrogens is 517 g/mol. The first-order valence-electron chi connectivity index (χ1n) is 8.74. The van der Waals surface area contributed by atoms with Crippen LogP contribution in [-0.4, -0.2) is 31.8 Å². The highest BCUT2D eigenvalue weighted by Crippen LogP contribution is 2.39. The molecule has 1 aliphatic rings. The number of alkyl halides is 2. The Morgan fingerprint density at radius 2 is 2.00 bits per heavy atom. The molecule has 9 nitrogen and oxygen atoms in total. The lowest BCUT2D eigenvalue weighted by Crippen LogP contribution is -2.36. The summed E-state index contributed by atoms with van der Waals surface area (Å²) in [4.78, 5) is 15.5. The Morgan fingerprint density at radius 3 is 2.63 bits per heavy atom. The number of halogens is 3. The molecule has 4 N–H and O–H groups in total. The third-order valence-corrected chi connectivity index (χ3v) is 3.86. The first-order valence-corrected chi connectivity index (χ1v) is 8.74. The van der Waals surface area contributed by atoms with Crippen LogP contribution >= 0.6 is 24.0 Å². The van der Waals surface area contributed by atoms with Crippen molar-refractivity contribution in [1.82, 2.24) is 10.6 Å². The van der Waals surface area contributed by atoms with Crippen LogP contribution in [0.1, 0.15) is 28.8 Å². The van der Waals surface area contributed by atoms with E-state index in [9.17, 15) is 13.6 Å². The summed E-state index contributed by atoms with van der Waals surface area (Å²) in [7, 11) is 0. The van der Waals surface area contributed by atoms with Crippen molar-refractivity contribution < 1.29 is 32.2 Å². The smallest absolute Gasteiger partial charge is 0.387 e. The van der Waals surface area contributed by atoms with Crippen LogP contribution in [-0.2, 0) is 13.1 Å². The number of primary amides is 1. The normalized spacial score (nSPS) is 12.5. The van der Waals surface area contributed by atoms with Gasteiger partial charge >= 0.3 is 6.61 Å². The van der Waals surface area contributed by atoms with E-state index < -0.39 is 12.5 Å². The van der Waals surface area contributed by atoms with E-state index in [2.05, 4.69) is 20.4 Å². The Morgan fingerprint density at radius 1 is 1.27 bits per heavy atom. The minimum atomic E-state index is -2.98. The summed E-state index contributed by atoms with van der Waals surface area (Å²) in [6, 6.07) is 6.00. The SMILES string of the molecule is CCNC(=NCc1cc2c(cc1OC(F)F)OCO2)NCc1ccc(C(N)=O)o1.I. The average molecular weight is 538 g/mol. The number of rotatable bonds is 8. The molecule has 0 aliphatic carbocycles. The fourth-order valence-electron chi connectivity index (χ4n) is 2.58. The number of guanidine groups is 1. The molecule has 1 amide bonds. The molecule has 0 radical (unpaired) electrons. The van der Waals surface area contributed by atoms with Gasteiger partial charge in [0.2, 0.25) is 6.79 Å². The fourth-order valence-corrected chi connectivity index (χ4v) is 2.58. The standard InChI is InChI=1S/C18H20F2N4O5.HI/c1-2-22-18(24-8-11-3-4-12(28-11)16(21)25)23-7-10-5-14-15(27-9-26-14)6-13(10)29-17(19)20;/h3-6,17H,2,7-9H2,1H3,(H2,21,25)(H2,22,23,24);1H. The van der Waals surface area contributed by atoms with Gasteiger partial charge in [-0.25, -0.2) is 4.99 Å². The predicted octanol–water partition coefficient (Wildman–Crippen LogP) is 2.58. The maximum Gasteiger partial charge on any atom is 0.387 e. The number of ether oxygens (including phenoxy) is 3. The number of nitrogens with zero attached hydrogens (tertiary/aromatic N) is 1. The van der Waals surface area contributed by atoms with Crippen LogP contribution in [0.3, 0.4) is 0 Å². The van der Waals surface area contributed by atoms with Gasteiger partial charge in [-0.05, 0) is 25.1 Å². The molecule has 30 heavy (non-hydrogen) atoms.